The number of anilines is 1. The summed E-state index contributed by atoms with van der Waals surface area (Å²) in [5.74, 6) is 0.773. The molecule has 4 rings (SSSR count). The van der Waals surface area contributed by atoms with E-state index in [2.05, 4.69) is 5.32 Å². The third-order valence-electron chi connectivity index (χ3n) is 4.69. The van der Waals surface area contributed by atoms with E-state index in [0.29, 0.717) is 13.1 Å². The van der Waals surface area contributed by atoms with Crippen LogP contribution >= 0.6 is 0 Å². The van der Waals surface area contributed by atoms with Crippen LogP contribution in [0.4, 0.5) is 5.69 Å². The maximum atomic E-state index is 12.5. The fourth-order valence-corrected chi connectivity index (χ4v) is 3.35. The van der Waals surface area contributed by atoms with Gasteiger partial charge in [0.05, 0.1) is 13.7 Å². The molecule has 4 aromatic rings. The third-order valence-corrected chi connectivity index (χ3v) is 4.69. The molecule has 0 aliphatic carbocycles. The first-order valence-corrected chi connectivity index (χ1v) is 9.15. The molecule has 1 aromatic heterocycles. The number of nitrogens with one attached hydrogen (secondary N) is 1. The molecule has 1 N–H and O–H groups in total. The lowest BCUT2D eigenvalue weighted by atomic mass is 10.1. The van der Waals surface area contributed by atoms with E-state index in [1.807, 2.05) is 78.7 Å². The molecular weight excluding hydrogens is 352 g/mol. The molecule has 0 radical (unpaired) electrons. The van der Waals surface area contributed by atoms with Crippen LogP contribution in [0.2, 0.25) is 0 Å². The second kappa shape index (κ2) is 7.74. The number of hydrogen-bond donors (Lipinski definition) is 1. The largest absolute Gasteiger partial charge is 0.497 e. The van der Waals surface area contributed by atoms with Gasteiger partial charge in [0, 0.05) is 23.0 Å². The summed E-state index contributed by atoms with van der Waals surface area (Å²) >= 11 is 0. The molecule has 0 saturated heterocycles. The highest BCUT2D eigenvalue weighted by Gasteiger charge is 2.11. The Morgan fingerprint density at radius 3 is 2.54 bits per heavy atom. The SMILES string of the molecule is COc1ccc(CN(C)CC(=O)Nc2ccc3oc4ccccc4c3c2)cc1. The molecule has 1 amide bonds. The summed E-state index contributed by atoms with van der Waals surface area (Å²) in [5.41, 5.74) is 3.56. The molecule has 28 heavy (non-hydrogen) atoms. The van der Waals surface area contributed by atoms with Crippen LogP contribution in [0.15, 0.2) is 71.1 Å². The highest BCUT2D eigenvalue weighted by atomic mass is 16.5. The number of fused-ring (bicyclic) bond motifs is 3. The lowest BCUT2D eigenvalue weighted by Crippen LogP contribution is -2.29. The van der Waals surface area contributed by atoms with Crippen LogP contribution < -0.4 is 10.1 Å². The van der Waals surface area contributed by atoms with Gasteiger partial charge in [0.25, 0.3) is 0 Å². The number of para-hydroxylation sites is 1. The van der Waals surface area contributed by atoms with E-state index in [1.165, 1.54) is 0 Å². The first-order chi connectivity index (χ1) is 13.6. The summed E-state index contributed by atoms with van der Waals surface area (Å²) < 4.78 is 11.0. The van der Waals surface area contributed by atoms with Crippen molar-refractivity contribution < 1.29 is 13.9 Å². The van der Waals surface area contributed by atoms with Crippen LogP contribution in [-0.4, -0.2) is 31.5 Å². The Kier molecular flexibility index (Phi) is 5.00. The Bertz CT molecular complexity index is 1120. The maximum Gasteiger partial charge on any atom is 0.238 e. The number of methoxy groups -OCH3 is 1. The van der Waals surface area contributed by atoms with E-state index in [-0.39, 0.29) is 5.91 Å². The maximum absolute atomic E-state index is 12.5. The van der Waals surface area contributed by atoms with Crippen molar-refractivity contribution in [2.45, 2.75) is 6.54 Å². The molecule has 0 unspecified atom stereocenters. The first-order valence-electron chi connectivity index (χ1n) is 9.15. The van der Waals surface area contributed by atoms with Gasteiger partial charge >= 0.3 is 0 Å². The summed E-state index contributed by atoms with van der Waals surface area (Å²) in [6.45, 7) is 0.985. The van der Waals surface area contributed by atoms with Gasteiger partial charge in [0.1, 0.15) is 16.9 Å². The number of rotatable bonds is 6. The van der Waals surface area contributed by atoms with Crippen molar-refractivity contribution in [3.63, 3.8) is 0 Å². The minimum Gasteiger partial charge on any atom is -0.497 e. The summed E-state index contributed by atoms with van der Waals surface area (Å²) in [7, 11) is 3.58. The zero-order chi connectivity index (χ0) is 19.5. The Morgan fingerprint density at radius 2 is 1.75 bits per heavy atom. The van der Waals surface area contributed by atoms with Gasteiger partial charge in [-0.05, 0) is 49.0 Å². The Balaban J connectivity index is 1.41. The van der Waals surface area contributed by atoms with Crippen molar-refractivity contribution in [3.05, 3.63) is 72.3 Å². The van der Waals surface area contributed by atoms with Crippen molar-refractivity contribution >= 4 is 33.5 Å². The van der Waals surface area contributed by atoms with Crippen molar-refractivity contribution in [3.8, 4) is 5.75 Å². The topological polar surface area (TPSA) is 54.7 Å². The van der Waals surface area contributed by atoms with Crippen LogP contribution in [-0.2, 0) is 11.3 Å². The number of nitrogens with zero attached hydrogens (tertiary/aromatic N) is 1. The molecule has 0 bridgehead atoms. The summed E-state index contributed by atoms with van der Waals surface area (Å²) in [6.07, 6.45) is 0. The predicted octanol–water partition coefficient (Wildman–Crippen LogP) is 4.67. The summed E-state index contributed by atoms with van der Waals surface area (Å²) in [5, 5.41) is 5.03. The molecule has 0 spiro atoms. The molecule has 0 aliphatic heterocycles. The smallest absolute Gasteiger partial charge is 0.238 e. The lowest BCUT2D eigenvalue weighted by molar-refractivity contribution is -0.117. The van der Waals surface area contributed by atoms with E-state index in [9.17, 15) is 4.79 Å². The summed E-state index contributed by atoms with van der Waals surface area (Å²) in [6, 6.07) is 21.5. The zero-order valence-corrected chi connectivity index (χ0v) is 15.9. The number of furan rings is 1. The van der Waals surface area contributed by atoms with Gasteiger partial charge in [-0.3, -0.25) is 9.69 Å². The predicted molar refractivity (Wildman–Crippen MR) is 112 cm³/mol. The molecule has 0 aliphatic rings. The molecular formula is C23H22N2O3. The van der Waals surface area contributed by atoms with Crippen molar-refractivity contribution in [1.82, 2.24) is 4.90 Å². The number of likely N-dealkylation sites (N-methyl/N-ethyl adjacent to an activating group) is 1. The van der Waals surface area contributed by atoms with Crippen molar-refractivity contribution in [2.24, 2.45) is 0 Å². The van der Waals surface area contributed by atoms with Gasteiger partial charge < -0.3 is 14.5 Å². The molecule has 142 valence electrons. The fourth-order valence-electron chi connectivity index (χ4n) is 3.35. The third kappa shape index (κ3) is 3.85. The average Bonchev–Trinajstić information content (AvgIpc) is 3.06. The van der Waals surface area contributed by atoms with Gasteiger partial charge in [-0.15, -0.1) is 0 Å². The quantitative estimate of drug-likeness (QED) is 0.533. The van der Waals surface area contributed by atoms with Gasteiger partial charge in [0.2, 0.25) is 5.91 Å². The van der Waals surface area contributed by atoms with E-state index in [1.54, 1.807) is 7.11 Å². The van der Waals surface area contributed by atoms with Crippen LogP contribution in [0.3, 0.4) is 0 Å². The van der Waals surface area contributed by atoms with Crippen LogP contribution in [0, 0.1) is 0 Å². The second-order valence-electron chi connectivity index (χ2n) is 6.88. The molecule has 0 saturated carbocycles. The number of amides is 1. The van der Waals surface area contributed by atoms with E-state index in [4.69, 9.17) is 9.15 Å². The van der Waals surface area contributed by atoms with Crippen LogP contribution in [0.25, 0.3) is 21.9 Å². The van der Waals surface area contributed by atoms with Crippen LogP contribution in [0.5, 0.6) is 5.75 Å². The number of hydrogen-bond acceptors (Lipinski definition) is 4. The van der Waals surface area contributed by atoms with E-state index >= 15 is 0 Å². The second-order valence-corrected chi connectivity index (χ2v) is 6.88. The average molecular weight is 374 g/mol. The lowest BCUT2D eigenvalue weighted by Gasteiger charge is -2.16. The van der Waals surface area contributed by atoms with Crippen molar-refractivity contribution in [2.75, 3.05) is 26.0 Å². The zero-order valence-electron chi connectivity index (χ0n) is 15.9. The Morgan fingerprint density at radius 1 is 1.00 bits per heavy atom. The molecule has 3 aromatic carbocycles. The van der Waals surface area contributed by atoms with Gasteiger partial charge in [0.15, 0.2) is 0 Å². The molecule has 5 nitrogen and oxygen atoms in total. The van der Waals surface area contributed by atoms with Gasteiger partial charge in [-0.2, -0.15) is 0 Å². The van der Waals surface area contributed by atoms with E-state index < -0.39 is 0 Å². The summed E-state index contributed by atoms with van der Waals surface area (Å²) in [4.78, 5) is 14.4. The number of carbonyl (C=O) groups is 1. The standard InChI is InChI=1S/C23H22N2O3/c1-25(14-16-7-10-18(27-2)11-8-16)15-23(26)24-17-9-12-22-20(13-17)19-5-3-4-6-21(19)28-22/h3-13H,14-15H2,1-2H3,(H,24,26). The fraction of sp³-hybridized carbons (Fsp3) is 0.174. The highest BCUT2D eigenvalue weighted by molar-refractivity contribution is 6.07. The van der Waals surface area contributed by atoms with Crippen molar-refractivity contribution in [1.29, 1.82) is 0 Å². The number of benzene rings is 3. The van der Waals surface area contributed by atoms with Crippen LogP contribution in [0.1, 0.15) is 5.56 Å². The monoisotopic (exact) mass is 374 g/mol. The van der Waals surface area contributed by atoms with Gasteiger partial charge in [-0.1, -0.05) is 30.3 Å². The van der Waals surface area contributed by atoms with Gasteiger partial charge in [-0.25, -0.2) is 0 Å². The minimum atomic E-state index is -0.0526. The molecule has 1 heterocycles. The Hall–Kier alpha value is -3.31. The first kappa shape index (κ1) is 18.1. The molecule has 0 atom stereocenters. The molecule has 0 fully saturated rings. The van der Waals surface area contributed by atoms with E-state index in [0.717, 1.165) is 38.9 Å². The molecule has 5 heteroatoms. The number of carbonyl (C=O) groups excluding carboxylic acids is 1. The normalized spacial score (nSPS) is 11.2. The number of ether oxygens (including phenoxy) is 1. The highest BCUT2D eigenvalue weighted by Crippen LogP contribution is 2.30. The Labute approximate surface area is 163 Å². The minimum absolute atomic E-state index is 0.0526.